The normalized spacial score (nSPS) is 10.3. The maximum absolute atomic E-state index is 11.7. The molecule has 0 aliphatic heterocycles. The van der Waals surface area contributed by atoms with Gasteiger partial charge in [0.25, 0.3) is 5.89 Å². The van der Waals surface area contributed by atoms with Gasteiger partial charge >= 0.3 is 5.97 Å². The van der Waals surface area contributed by atoms with Gasteiger partial charge in [0.05, 0.1) is 12.2 Å². The molecule has 0 atom stereocenters. The molecule has 0 aliphatic rings. The summed E-state index contributed by atoms with van der Waals surface area (Å²) >= 11 is 0. The molecule has 0 aliphatic carbocycles. The van der Waals surface area contributed by atoms with E-state index in [2.05, 4.69) is 10.1 Å². The third-order valence-corrected chi connectivity index (χ3v) is 3.35. The second-order valence-electron chi connectivity index (χ2n) is 5.20. The number of hydrogen-bond donors (Lipinski definition) is 0. The molecule has 0 saturated heterocycles. The lowest BCUT2D eigenvalue weighted by atomic mass is 10.2. The zero-order valence-electron chi connectivity index (χ0n) is 14.3. The van der Waals surface area contributed by atoms with Crippen molar-refractivity contribution < 1.29 is 23.5 Å². The topological polar surface area (TPSA) is 83.7 Å². The molecular formula is C19H18N2O5. The minimum atomic E-state index is -0.525. The van der Waals surface area contributed by atoms with E-state index in [0.29, 0.717) is 29.5 Å². The molecule has 134 valence electrons. The van der Waals surface area contributed by atoms with Gasteiger partial charge < -0.3 is 18.7 Å². The highest BCUT2D eigenvalue weighted by atomic mass is 16.6. The van der Waals surface area contributed by atoms with Gasteiger partial charge in [-0.25, -0.2) is 4.79 Å². The molecule has 0 radical (unpaired) electrons. The quantitative estimate of drug-likeness (QED) is 0.574. The highest BCUT2D eigenvalue weighted by molar-refractivity contribution is 5.71. The van der Waals surface area contributed by atoms with Crippen LogP contribution in [0.5, 0.6) is 11.5 Å². The molecule has 2 aromatic carbocycles. The summed E-state index contributed by atoms with van der Waals surface area (Å²) in [5.74, 6) is 1.30. The summed E-state index contributed by atoms with van der Waals surface area (Å²) < 4.78 is 21.1. The van der Waals surface area contributed by atoms with Crippen LogP contribution in [0.2, 0.25) is 0 Å². The van der Waals surface area contributed by atoms with Gasteiger partial charge in [0.2, 0.25) is 5.82 Å². The Bertz CT molecular complexity index is 848. The smallest absolute Gasteiger partial charge is 0.344 e. The van der Waals surface area contributed by atoms with Gasteiger partial charge in [0.1, 0.15) is 11.5 Å². The van der Waals surface area contributed by atoms with Crippen molar-refractivity contribution in [1.29, 1.82) is 0 Å². The standard InChI is InChI=1S/C19H18N2O5/c1-2-23-16-11-7-6-10-15(16)19-20-17(26-21-19)12-25-18(22)13-24-14-8-4-3-5-9-14/h3-11H,2,12-13H2,1H3. The van der Waals surface area contributed by atoms with Gasteiger partial charge in [0.15, 0.2) is 13.2 Å². The fourth-order valence-electron chi connectivity index (χ4n) is 2.20. The molecule has 3 aromatic rings. The van der Waals surface area contributed by atoms with Gasteiger partial charge in [-0.1, -0.05) is 35.5 Å². The summed E-state index contributed by atoms with van der Waals surface area (Å²) in [6.07, 6.45) is 0. The van der Waals surface area contributed by atoms with Crippen molar-refractivity contribution in [1.82, 2.24) is 10.1 Å². The number of rotatable bonds is 8. The average Bonchev–Trinajstić information content (AvgIpc) is 3.15. The van der Waals surface area contributed by atoms with E-state index in [-0.39, 0.29) is 19.1 Å². The average molecular weight is 354 g/mol. The van der Waals surface area contributed by atoms with Gasteiger partial charge in [0, 0.05) is 0 Å². The van der Waals surface area contributed by atoms with E-state index in [1.54, 1.807) is 12.1 Å². The molecular weight excluding hydrogens is 336 g/mol. The first-order chi connectivity index (χ1) is 12.8. The van der Waals surface area contributed by atoms with Gasteiger partial charge in [-0.15, -0.1) is 0 Å². The molecule has 1 heterocycles. The predicted octanol–water partition coefficient (Wildman–Crippen LogP) is 3.26. The van der Waals surface area contributed by atoms with Crippen LogP contribution < -0.4 is 9.47 Å². The van der Waals surface area contributed by atoms with Crippen molar-refractivity contribution in [2.75, 3.05) is 13.2 Å². The summed E-state index contributed by atoms with van der Waals surface area (Å²) in [7, 11) is 0. The number of esters is 1. The molecule has 0 unspecified atom stereocenters. The molecule has 0 N–H and O–H groups in total. The summed E-state index contributed by atoms with van der Waals surface area (Å²) in [6.45, 7) is 2.11. The second kappa shape index (κ2) is 8.66. The second-order valence-corrected chi connectivity index (χ2v) is 5.20. The van der Waals surface area contributed by atoms with Gasteiger partial charge in [-0.05, 0) is 31.2 Å². The van der Waals surface area contributed by atoms with E-state index in [0.717, 1.165) is 0 Å². The first kappa shape index (κ1) is 17.5. The van der Waals surface area contributed by atoms with Crippen LogP contribution in [-0.2, 0) is 16.1 Å². The molecule has 0 spiro atoms. The van der Waals surface area contributed by atoms with Crippen molar-refractivity contribution in [3.63, 3.8) is 0 Å². The van der Waals surface area contributed by atoms with Crippen LogP contribution >= 0.6 is 0 Å². The lowest BCUT2D eigenvalue weighted by Gasteiger charge is -2.06. The van der Waals surface area contributed by atoms with Crippen LogP contribution in [-0.4, -0.2) is 29.3 Å². The van der Waals surface area contributed by atoms with Crippen molar-refractivity contribution in [3.8, 4) is 22.9 Å². The summed E-state index contributed by atoms with van der Waals surface area (Å²) in [6, 6.07) is 16.4. The predicted molar refractivity (Wildman–Crippen MR) is 92.6 cm³/mol. The van der Waals surface area contributed by atoms with Gasteiger partial charge in [-0.3, -0.25) is 0 Å². The Hall–Kier alpha value is -3.35. The number of para-hydroxylation sites is 2. The van der Waals surface area contributed by atoms with Crippen molar-refractivity contribution >= 4 is 5.97 Å². The van der Waals surface area contributed by atoms with E-state index in [1.807, 2.05) is 49.4 Å². The monoisotopic (exact) mass is 354 g/mol. The van der Waals surface area contributed by atoms with Crippen LogP contribution in [0, 0.1) is 0 Å². The lowest BCUT2D eigenvalue weighted by molar-refractivity contribution is -0.148. The number of aromatic nitrogens is 2. The Kier molecular flexibility index (Phi) is 5.82. The number of nitrogens with zero attached hydrogens (tertiary/aromatic N) is 2. The van der Waals surface area contributed by atoms with Crippen LogP contribution in [0.3, 0.4) is 0 Å². The fourth-order valence-corrected chi connectivity index (χ4v) is 2.20. The summed E-state index contributed by atoms with van der Waals surface area (Å²) in [4.78, 5) is 16.0. The van der Waals surface area contributed by atoms with Crippen LogP contribution in [0.15, 0.2) is 59.1 Å². The molecule has 0 bridgehead atoms. The van der Waals surface area contributed by atoms with E-state index >= 15 is 0 Å². The number of carbonyl (C=O) groups is 1. The van der Waals surface area contributed by atoms with Crippen LogP contribution in [0.4, 0.5) is 0 Å². The largest absolute Gasteiger partial charge is 0.493 e. The zero-order valence-corrected chi connectivity index (χ0v) is 14.3. The Morgan fingerprint density at radius 3 is 2.62 bits per heavy atom. The number of ether oxygens (including phenoxy) is 3. The highest BCUT2D eigenvalue weighted by Gasteiger charge is 2.14. The summed E-state index contributed by atoms with van der Waals surface area (Å²) in [5, 5.41) is 3.91. The fraction of sp³-hybridized carbons (Fsp3) is 0.211. The first-order valence-electron chi connectivity index (χ1n) is 8.14. The number of carbonyl (C=O) groups excluding carboxylic acids is 1. The van der Waals surface area contributed by atoms with E-state index in [9.17, 15) is 4.79 Å². The Balaban J connectivity index is 1.55. The number of hydrogen-bond acceptors (Lipinski definition) is 7. The van der Waals surface area contributed by atoms with E-state index < -0.39 is 5.97 Å². The first-order valence-corrected chi connectivity index (χ1v) is 8.14. The minimum absolute atomic E-state index is 0.124. The van der Waals surface area contributed by atoms with Crippen LogP contribution in [0.1, 0.15) is 12.8 Å². The van der Waals surface area contributed by atoms with E-state index in [4.69, 9.17) is 18.7 Å². The molecule has 1 aromatic heterocycles. The Morgan fingerprint density at radius 1 is 1.04 bits per heavy atom. The van der Waals surface area contributed by atoms with Crippen molar-refractivity contribution in [2.45, 2.75) is 13.5 Å². The number of benzene rings is 2. The SMILES string of the molecule is CCOc1ccccc1-c1noc(COC(=O)COc2ccccc2)n1. The maximum Gasteiger partial charge on any atom is 0.344 e. The minimum Gasteiger partial charge on any atom is -0.493 e. The third kappa shape index (κ3) is 4.60. The molecule has 0 amide bonds. The molecule has 26 heavy (non-hydrogen) atoms. The maximum atomic E-state index is 11.7. The lowest BCUT2D eigenvalue weighted by Crippen LogP contribution is -2.14. The molecule has 0 saturated carbocycles. The Labute approximate surface area is 150 Å². The summed E-state index contributed by atoms with van der Waals surface area (Å²) in [5.41, 5.74) is 0.711. The van der Waals surface area contributed by atoms with Crippen molar-refractivity contribution in [3.05, 3.63) is 60.5 Å². The molecule has 7 nitrogen and oxygen atoms in total. The Morgan fingerprint density at radius 2 is 1.81 bits per heavy atom. The van der Waals surface area contributed by atoms with Crippen LogP contribution in [0.25, 0.3) is 11.4 Å². The molecule has 0 fully saturated rings. The zero-order chi connectivity index (χ0) is 18.2. The van der Waals surface area contributed by atoms with E-state index in [1.165, 1.54) is 0 Å². The third-order valence-electron chi connectivity index (χ3n) is 3.35. The van der Waals surface area contributed by atoms with Crippen molar-refractivity contribution in [2.24, 2.45) is 0 Å². The molecule has 3 rings (SSSR count). The molecule has 7 heteroatoms. The van der Waals surface area contributed by atoms with Gasteiger partial charge in [-0.2, -0.15) is 4.98 Å². The highest BCUT2D eigenvalue weighted by Crippen LogP contribution is 2.27.